The standard InChI is InChI=1S/C16H22N4O2S/c1-4-21-14-7-6-12(8-15(14)22-5-2)10-20-11-13(9-18-20)19-16(23)17-3/h6-9,11H,4-5,10H2,1-3H3,(H2,17,19,23). The Morgan fingerprint density at radius 2 is 1.96 bits per heavy atom. The first-order valence-electron chi connectivity index (χ1n) is 7.56. The fraction of sp³-hybridized carbons (Fsp3) is 0.375. The van der Waals surface area contributed by atoms with E-state index in [0.717, 1.165) is 22.7 Å². The summed E-state index contributed by atoms with van der Waals surface area (Å²) < 4.78 is 13.1. The van der Waals surface area contributed by atoms with Crippen molar-refractivity contribution in [3.05, 3.63) is 36.2 Å². The molecule has 0 aliphatic heterocycles. The molecule has 0 saturated carbocycles. The van der Waals surface area contributed by atoms with Gasteiger partial charge in [-0.2, -0.15) is 5.10 Å². The predicted octanol–water partition coefficient (Wildman–Crippen LogP) is 2.65. The van der Waals surface area contributed by atoms with Crippen molar-refractivity contribution >= 4 is 23.0 Å². The van der Waals surface area contributed by atoms with Gasteiger partial charge in [-0.05, 0) is 43.8 Å². The van der Waals surface area contributed by atoms with Crippen LogP contribution >= 0.6 is 12.2 Å². The number of hydrogen-bond donors (Lipinski definition) is 2. The Kier molecular flexibility index (Phi) is 6.22. The van der Waals surface area contributed by atoms with Crippen molar-refractivity contribution in [2.75, 3.05) is 25.6 Å². The van der Waals surface area contributed by atoms with Crippen LogP contribution in [0.1, 0.15) is 19.4 Å². The Bertz CT molecular complexity index is 657. The molecule has 2 N–H and O–H groups in total. The van der Waals surface area contributed by atoms with E-state index in [4.69, 9.17) is 21.7 Å². The highest BCUT2D eigenvalue weighted by Gasteiger charge is 2.07. The van der Waals surface area contributed by atoms with Crippen LogP contribution in [0.2, 0.25) is 0 Å². The molecular weight excluding hydrogens is 312 g/mol. The van der Waals surface area contributed by atoms with Gasteiger partial charge in [-0.25, -0.2) is 0 Å². The summed E-state index contributed by atoms with van der Waals surface area (Å²) in [7, 11) is 1.77. The van der Waals surface area contributed by atoms with Crippen molar-refractivity contribution in [3.63, 3.8) is 0 Å². The zero-order chi connectivity index (χ0) is 16.7. The SMILES string of the molecule is CCOc1ccc(Cn2cc(NC(=S)NC)cn2)cc1OCC. The average Bonchev–Trinajstić information content (AvgIpc) is 2.97. The van der Waals surface area contributed by atoms with Crippen molar-refractivity contribution in [2.45, 2.75) is 20.4 Å². The van der Waals surface area contributed by atoms with E-state index in [1.807, 2.05) is 42.9 Å². The zero-order valence-electron chi connectivity index (χ0n) is 13.6. The van der Waals surface area contributed by atoms with Crippen molar-refractivity contribution in [1.29, 1.82) is 0 Å². The lowest BCUT2D eigenvalue weighted by atomic mass is 10.2. The first-order chi connectivity index (χ1) is 11.2. The van der Waals surface area contributed by atoms with E-state index in [0.29, 0.717) is 24.9 Å². The van der Waals surface area contributed by atoms with Crippen molar-refractivity contribution in [2.24, 2.45) is 0 Å². The molecule has 0 spiro atoms. The van der Waals surface area contributed by atoms with E-state index < -0.39 is 0 Å². The van der Waals surface area contributed by atoms with Gasteiger partial charge in [-0.15, -0.1) is 0 Å². The number of nitrogens with zero attached hydrogens (tertiary/aromatic N) is 2. The lowest BCUT2D eigenvalue weighted by Gasteiger charge is -2.12. The van der Waals surface area contributed by atoms with Gasteiger partial charge in [0.25, 0.3) is 0 Å². The van der Waals surface area contributed by atoms with Crippen LogP contribution in [-0.4, -0.2) is 35.2 Å². The summed E-state index contributed by atoms with van der Waals surface area (Å²) in [4.78, 5) is 0. The van der Waals surface area contributed by atoms with Gasteiger partial charge in [0.05, 0.1) is 31.6 Å². The Balaban J connectivity index is 2.10. The van der Waals surface area contributed by atoms with Crippen LogP contribution in [0.4, 0.5) is 5.69 Å². The van der Waals surface area contributed by atoms with Crippen LogP contribution in [-0.2, 0) is 6.54 Å². The maximum Gasteiger partial charge on any atom is 0.170 e. The molecule has 6 nitrogen and oxygen atoms in total. The van der Waals surface area contributed by atoms with Gasteiger partial charge in [0, 0.05) is 13.2 Å². The largest absolute Gasteiger partial charge is 0.490 e. The maximum absolute atomic E-state index is 5.65. The first kappa shape index (κ1) is 17.1. The zero-order valence-corrected chi connectivity index (χ0v) is 14.4. The van der Waals surface area contributed by atoms with Gasteiger partial charge >= 0.3 is 0 Å². The minimum atomic E-state index is 0.559. The monoisotopic (exact) mass is 334 g/mol. The van der Waals surface area contributed by atoms with Crippen molar-refractivity contribution in [3.8, 4) is 11.5 Å². The van der Waals surface area contributed by atoms with Crippen molar-refractivity contribution in [1.82, 2.24) is 15.1 Å². The summed E-state index contributed by atoms with van der Waals surface area (Å²) in [6.45, 7) is 5.76. The molecule has 0 saturated heterocycles. The van der Waals surface area contributed by atoms with Crippen LogP contribution in [0.5, 0.6) is 11.5 Å². The third-order valence-corrected chi connectivity index (χ3v) is 3.38. The fourth-order valence-corrected chi connectivity index (χ4v) is 2.21. The van der Waals surface area contributed by atoms with Gasteiger partial charge in [-0.1, -0.05) is 6.07 Å². The number of hydrogen-bond acceptors (Lipinski definition) is 4. The predicted molar refractivity (Wildman–Crippen MR) is 95.4 cm³/mol. The third kappa shape index (κ3) is 4.85. The first-order valence-corrected chi connectivity index (χ1v) is 7.96. The van der Waals surface area contributed by atoms with Crippen LogP contribution < -0.4 is 20.1 Å². The second-order valence-electron chi connectivity index (χ2n) is 4.78. The molecule has 23 heavy (non-hydrogen) atoms. The normalized spacial score (nSPS) is 10.2. The highest BCUT2D eigenvalue weighted by atomic mass is 32.1. The molecule has 0 fully saturated rings. The smallest absolute Gasteiger partial charge is 0.170 e. The summed E-state index contributed by atoms with van der Waals surface area (Å²) in [5.74, 6) is 1.52. The number of aromatic nitrogens is 2. The molecule has 1 aromatic carbocycles. The van der Waals surface area contributed by atoms with Gasteiger partial charge in [-0.3, -0.25) is 4.68 Å². The highest BCUT2D eigenvalue weighted by molar-refractivity contribution is 7.80. The molecule has 1 aromatic heterocycles. The molecular formula is C16H22N4O2S. The van der Waals surface area contributed by atoms with E-state index in [1.165, 1.54) is 0 Å². The number of ether oxygens (including phenoxy) is 2. The summed E-state index contributed by atoms with van der Waals surface area (Å²) in [6, 6.07) is 5.94. The minimum Gasteiger partial charge on any atom is -0.490 e. The second kappa shape index (κ2) is 8.38. The van der Waals surface area contributed by atoms with Crippen LogP contribution in [0, 0.1) is 0 Å². The Morgan fingerprint density at radius 3 is 2.65 bits per heavy atom. The molecule has 2 rings (SSSR count). The Labute approximate surface area is 141 Å². The lowest BCUT2D eigenvalue weighted by molar-refractivity contribution is 0.287. The second-order valence-corrected chi connectivity index (χ2v) is 5.19. The fourth-order valence-electron chi connectivity index (χ4n) is 2.09. The van der Waals surface area contributed by atoms with Gasteiger partial charge < -0.3 is 20.1 Å². The molecule has 0 unspecified atom stereocenters. The molecule has 0 aliphatic rings. The molecule has 2 aromatic rings. The number of nitrogens with one attached hydrogen (secondary N) is 2. The quantitative estimate of drug-likeness (QED) is 0.759. The number of benzene rings is 1. The number of rotatable bonds is 7. The van der Waals surface area contributed by atoms with E-state index in [9.17, 15) is 0 Å². The molecule has 0 bridgehead atoms. The van der Waals surface area contributed by atoms with Gasteiger partial charge in [0.2, 0.25) is 0 Å². The highest BCUT2D eigenvalue weighted by Crippen LogP contribution is 2.28. The van der Waals surface area contributed by atoms with Gasteiger partial charge in [0.1, 0.15) is 0 Å². The number of thiocarbonyl (C=S) groups is 1. The molecule has 1 heterocycles. The third-order valence-electron chi connectivity index (χ3n) is 3.07. The minimum absolute atomic E-state index is 0.559. The van der Waals surface area contributed by atoms with Crippen molar-refractivity contribution < 1.29 is 9.47 Å². The van der Waals surface area contributed by atoms with E-state index >= 15 is 0 Å². The van der Waals surface area contributed by atoms with E-state index in [-0.39, 0.29) is 0 Å². The van der Waals surface area contributed by atoms with Crippen LogP contribution in [0.25, 0.3) is 0 Å². The average molecular weight is 334 g/mol. The van der Waals surface area contributed by atoms with Gasteiger partial charge in [0.15, 0.2) is 16.6 Å². The topological polar surface area (TPSA) is 60.3 Å². The molecule has 0 amide bonds. The summed E-state index contributed by atoms with van der Waals surface area (Å²) in [6.07, 6.45) is 3.64. The molecule has 0 aliphatic carbocycles. The summed E-state index contributed by atoms with van der Waals surface area (Å²) >= 11 is 5.07. The summed E-state index contributed by atoms with van der Waals surface area (Å²) in [5, 5.41) is 10.8. The van der Waals surface area contributed by atoms with Crippen LogP contribution in [0.3, 0.4) is 0 Å². The lowest BCUT2D eigenvalue weighted by Crippen LogP contribution is -2.23. The molecule has 0 atom stereocenters. The van der Waals surface area contributed by atoms with E-state index in [2.05, 4.69) is 15.7 Å². The molecule has 0 radical (unpaired) electrons. The van der Waals surface area contributed by atoms with Crippen LogP contribution in [0.15, 0.2) is 30.6 Å². The Morgan fingerprint density at radius 1 is 1.22 bits per heavy atom. The molecule has 124 valence electrons. The van der Waals surface area contributed by atoms with E-state index in [1.54, 1.807) is 13.2 Å². The maximum atomic E-state index is 5.65. The Hall–Kier alpha value is -2.28. The summed E-state index contributed by atoms with van der Waals surface area (Å²) in [5.41, 5.74) is 1.93. The number of anilines is 1. The molecule has 7 heteroatoms.